The molecule has 0 aliphatic carbocycles. The number of benzene rings is 3. The quantitative estimate of drug-likeness (QED) is 0.373. The number of pyridine rings is 1. The minimum atomic E-state index is 0.689. The molecule has 0 aliphatic rings. The Morgan fingerprint density at radius 1 is 0.750 bits per heavy atom. The summed E-state index contributed by atoms with van der Waals surface area (Å²) >= 11 is 0. The third-order valence-electron chi connectivity index (χ3n) is 4.81. The van der Waals surface area contributed by atoms with Crippen LogP contribution in [0.2, 0.25) is 0 Å². The maximum atomic E-state index is 5.02. The summed E-state index contributed by atoms with van der Waals surface area (Å²) in [5, 5.41) is 10.6. The Bertz CT molecular complexity index is 1250. The highest BCUT2D eigenvalue weighted by atomic mass is 15.3. The van der Waals surface area contributed by atoms with Crippen LogP contribution in [0, 0.1) is 0 Å². The van der Waals surface area contributed by atoms with Gasteiger partial charge in [-0.2, -0.15) is 0 Å². The number of hydrogen-bond acceptors (Lipinski definition) is 3. The first-order valence-corrected chi connectivity index (χ1v) is 9.33. The zero-order chi connectivity index (χ0) is 18.8. The van der Waals surface area contributed by atoms with Crippen molar-refractivity contribution in [3.8, 4) is 11.3 Å². The Labute approximate surface area is 163 Å². The Kier molecular flexibility index (Phi) is 4.14. The second-order valence-electron chi connectivity index (χ2n) is 6.69. The van der Waals surface area contributed by atoms with Crippen LogP contribution in [0.1, 0.15) is 5.56 Å². The predicted octanol–water partition coefficient (Wildman–Crippen LogP) is 4.65. The smallest absolute Gasteiger partial charge is 0.356 e. The minimum Gasteiger partial charge on any atom is -0.359 e. The van der Waals surface area contributed by atoms with Gasteiger partial charge in [-0.15, -0.1) is 0 Å². The van der Waals surface area contributed by atoms with E-state index in [9.17, 15) is 0 Å². The molecule has 2 aromatic heterocycles. The average molecular weight is 363 g/mol. The van der Waals surface area contributed by atoms with Crippen LogP contribution in [0.15, 0.2) is 97.2 Å². The van der Waals surface area contributed by atoms with E-state index in [0.29, 0.717) is 6.54 Å². The van der Waals surface area contributed by atoms with E-state index in [2.05, 4.69) is 47.8 Å². The SMILES string of the molecule is c1ccc(CNc2n[n+]3ccc4ccccc4c3nc2-c2ccccc2)cc1. The largest absolute Gasteiger partial charge is 0.359 e. The number of rotatable bonds is 4. The van der Waals surface area contributed by atoms with E-state index in [-0.39, 0.29) is 0 Å². The molecule has 0 spiro atoms. The van der Waals surface area contributed by atoms with Crippen molar-refractivity contribution in [1.29, 1.82) is 0 Å². The van der Waals surface area contributed by atoms with Gasteiger partial charge in [-0.05, 0) is 28.1 Å². The lowest BCUT2D eigenvalue weighted by Gasteiger charge is -2.08. The van der Waals surface area contributed by atoms with Crippen LogP contribution in [0.25, 0.3) is 27.7 Å². The number of nitrogens with zero attached hydrogens (tertiary/aromatic N) is 3. The highest BCUT2D eigenvalue weighted by molar-refractivity contribution is 5.92. The van der Waals surface area contributed by atoms with E-state index in [1.807, 2.05) is 59.2 Å². The van der Waals surface area contributed by atoms with Crippen molar-refractivity contribution in [1.82, 2.24) is 10.1 Å². The van der Waals surface area contributed by atoms with Crippen molar-refractivity contribution >= 4 is 22.2 Å². The first-order valence-electron chi connectivity index (χ1n) is 9.33. The highest BCUT2D eigenvalue weighted by Crippen LogP contribution is 2.25. The van der Waals surface area contributed by atoms with Crippen molar-refractivity contribution in [2.75, 3.05) is 5.32 Å². The van der Waals surface area contributed by atoms with Gasteiger partial charge in [-0.25, -0.2) is 0 Å². The van der Waals surface area contributed by atoms with Gasteiger partial charge in [0.1, 0.15) is 6.20 Å². The van der Waals surface area contributed by atoms with Gasteiger partial charge in [-0.1, -0.05) is 88.5 Å². The molecule has 1 N–H and O–H groups in total. The summed E-state index contributed by atoms with van der Waals surface area (Å²) in [6.45, 7) is 0.689. The third kappa shape index (κ3) is 3.05. The fourth-order valence-electron chi connectivity index (χ4n) is 3.40. The molecule has 0 saturated heterocycles. The van der Waals surface area contributed by atoms with E-state index in [1.165, 1.54) is 5.56 Å². The molecule has 0 saturated carbocycles. The Morgan fingerprint density at radius 2 is 1.46 bits per heavy atom. The summed E-state index contributed by atoms with van der Waals surface area (Å²) in [6.07, 6.45) is 1.97. The molecular weight excluding hydrogens is 344 g/mol. The van der Waals surface area contributed by atoms with Crippen LogP contribution in [0.4, 0.5) is 5.82 Å². The van der Waals surface area contributed by atoms with E-state index < -0.39 is 0 Å². The van der Waals surface area contributed by atoms with Gasteiger partial charge in [0, 0.05) is 12.1 Å². The molecule has 0 radical (unpaired) electrons. The molecule has 0 atom stereocenters. The summed E-state index contributed by atoms with van der Waals surface area (Å²) in [5.74, 6) is 0.767. The molecule has 3 aromatic carbocycles. The van der Waals surface area contributed by atoms with E-state index in [1.54, 1.807) is 0 Å². The standard InChI is InChI=1S/C24H19N4/c1-3-9-18(10-4-1)17-25-23-22(20-12-5-2-6-13-20)26-24-21-14-8-7-11-19(21)15-16-28(24)27-23/h1-16H,17H2,(H,25,27)/q+1. The first-order chi connectivity index (χ1) is 13.9. The van der Waals surface area contributed by atoms with Crippen LogP contribution in [-0.2, 0) is 6.54 Å². The highest BCUT2D eigenvalue weighted by Gasteiger charge is 2.20. The van der Waals surface area contributed by atoms with Crippen LogP contribution in [-0.4, -0.2) is 10.1 Å². The number of fused-ring (bicyclic) bond motifs is 3. The van der Waals surface area contributed by atoms with Crippen LogP contribution in [0.3, 0.4) is 0 Å². The van der Waals surface area contributed by atoms with Crippen molar-refractivity contribution in [2.45, 2.75) is 6.54 Å². The molecule has 134 valence electrons. The third-order valence-corrected chi connectivity index (χ3v) is 4.81. The Morgan fingerprint density at radius 3 is 2.29 bits per heavy atom. The molecule has 2 heterocycles. The summed E-state index contributed by atoms with van der Waals surface area (Å²) < 4.78 is 1.85. The fraction of sp³-hybridized carbons (Fsp3) is 0.0417. The molecule has 5 aromatic rings. The monoisotopic (exact) mass is 363 g/mol. The van der Waals surface area contributed by atoms with Crippen molar-refractivity contribution < 1.29 is 4.52 Å². The van der Waals surface area contributed by atoms with Gasteiger partial charge in [-0.3, -0.25) is 0 Å². The number of anilines is 1. The van der Waals surface area contributed by atoms with Gasteiger partial charge in [0.05, 0.1) is 5.39 Å². The molecule has 0 fully saturated rings. The normalized spacial score (nSPS) is 11.0. The van der Waals surface area contributed by atoms with Gasteiger partial charge in [0.15, 0.2) is 0 Å². The van der Waals surface area contributed by atoms with Crippen LogP contribution >= 0.6 is 0 Å². The molecule has 5 rings (SSSR count). The number of aromatic nitrogens is 3. The van der Waals surface area contributed by atoms with E-state index >= 15 is 0 Å². The first kappa shape index (κ1) is 16.4. The van der Waals surface area contributed by atoms with E-state index in [4.69, 9.17) is 10.1 Å². The van der Waals surface area contributed by atoms with Gasteiger partial charge in [0.2, 0.25) is 11.5 Å². The molecule has 0 bridgehead atoms. The maximum absolute atomic E-state index is 5.02. The summed E-state index contributed by atoms with van der Waals surface area (Å²) in [4.78, 5) is 5.02. The second kappa shape index (κ2) is 7.08. The predicted molar refractivity (Wildman–Crippen MR) is 112 cm³/mol. The molecule has 4 heteroatoms. The number of nitrogens with one attached hydrogen (secondary N) is 1. The van der Waals surface area contributed by atoms with Crippen LogP contribution < -0.4 is 9.83 Å². The molecule has 28 heavy (non-hydrogen) atoms. The lowest BCUT2D eigenvalue weighted by molar-refractivity contribution is -0.580. The van der Waals surface area contributed by atoms with E-state index in [0.717, 1.165) is 33.5 Å². The lowest BCUT2D eigenvalue weighted by Crippen LogP contribution is -2.29. The topological polar surface area (TPSA) is 41.9 Å². The molecule has 0 amide bonds. The minimum absolute atomic E-state index is 0.689. The Hall–Kier alpha value is -3.79. The van der Waals surface area contributed by atoms with Crippen LogP contribution in [0.5, 0.6) is 0 Å². The van der Waals surface area contributed by atoms with Gasteiger partial charge < -0.3 is 5.32 Å². The molecular formula is C24H19N4+. The zero-order valence-corrected chi connectivity index (χ0v) is 15.3. The fourth-order valence-corrected chi connectivity index (χ4v) is 3.40. The zero-order valence-electron chi connectivity index (χ0n) is 15.3. The van der Waals surface area contributed by atoms with Crippen molar-refractivity contribution in [2.24, 2.45) is 0 Å². The van der Waals surface area contributed by atoms with Crippen molar-refractivity contribution in [3.05, 3.63) is 103 Å². The van der Waals surface area contributed by atoms with Gasteiger partial charge >= 0.3 is 5.65 Å². The molecule has 4 nitrogen and oxygen atoms in total. The summed E-state index contributed by atoms with van der Waals surface area (Å²) in [5.41, 5.74) is 3.95. The van der Waals surface area contributed by atoms with Crippen molar-refractivity contribution in [3.63, 3.8) is 0 Å². The maximum Gasteiger partial charge on any atom is 0.356 e. The van der Waals surface area contributed by atoms with Gasteiger partial charge in [0.25, 0.3) is 0 Å². The molecule has 0 aliphatic heterocycles. The summed E-state index contributed by atoms with van der Waals surface area (Å²) in [6, 6.07) is 30.9. The molecule has 0 unspecified atom stereocenters. The second-order valence-corrected chi connectivity index (χ2v) is 6.69. The Balaban J connectivity index is 1.68. The summed E-state index contributed by atoms with van der Waals surface area (Å²) in [7, 11) is 0. The average Bonchev–Trinajstić information content (AvgIpc) is 2.78. The lowest BCUT2D eigenvalue weighted by atomic mass is 10.1. The number of hydrogen-bond donors (Lipinski definition) is 1.